The van der Waals surface area contributed by atoms with Crippen LogP contribution in [0.3, 0.4) is 0 Å². The van der Waals surface area contributed by atoms with E-state index in [2.05, 4.69) is 32.5 Å². The number of anilines is 4. The van der Waals surface area contributed by atoms with Gasteiger partial charge in [0.1, 0.15) is 5.56 Å². The molecule has 3 N–H and O–H groups in total. The maximum Gasteiger partial charge on any atom is 0.247 e. The van der Waals surface area contributed by atoms with Crippen LogP contribution >= 0.6 is 0 Å². The minimum atomic E-state index is -1.15. The van der Waals surface area contributed by atoms with Crippen LogP contribution < -0.4 is 25.4 Å². The molecule has 0 aliphatic carbocycles. The number of ketones is 1. The zero-order chi connectivity index (χ0) is 30.7. The lowest BCUT2D eigenvalue weighted by Gasteiger charge is -2.27. The Morgan fingerprint density at radius 3 is 2.44 bits per heavy atom. The number of ether oxygens (including phenoxy) is 3. The van der Waals surface area contributed by atoms with Gasteiger partial charge in [-0.1, -0.05) is 24.8 Å². The highest BCUT2D eigenvalue weighted by atomic mass is 19.1. The first kappa shape index (κ1) is 29.4. The summed E-state index contributed by atoms with van der Waals surface area (Å²) in [7, 11) is 2.42. The number of methoxy groups -OCH3 is 2. The smallest absolute Gasteiger partial charge is 0.247 e. The standard InChI is InChI=1S/C31H29F2N5O5/c1-5-23(39)36-20-8-6-7-16(2)27(20)37-31-35-13-18-9-10-19(29(28(18)38-31)34-12-17-14-43-15-17)30(40)24-25(32)21(41-3)11-22(42-4)26(24)33/h5-11,13,17,34H,1,12,14-15H2,2-4H3,(H,36,39)(H,35,37,38). The zero-order valence-electron chi connectivity index (χ0n) is 23.7. The van der Waals surface area contributed by atoms with Gasteiger partial charge < -0.3 is 30.2 Å². The second-order valence-electron chi connectivity index (χ2n) is 9.83. The third-order valence-corrected chi connectivity index (χ3v) is 7.03. The highest BCUT2D eigenvalue weighted by Crippen LogP contribution is 2.36. The van der Waals surface area contributed by atoms with E-state index in [1.165, 1.54) is 20.3 Å². The fourth-order valence-electron chi connectivity index (χ4n) is 4.63. The van der Waals surface area contributed by atoms with Crippen LogP contribution in [-0.4, -0.2) is 55.6 Å². The van der Waals surface area contributed by atoms with Gasteiger partial charge in [0.2, 0.25) is 17.6 Å². The van der Waals surface area contributed by atoms with E-state index in [9.17, 15) is 9.59 Å². The van der Waals surface area contributed by atoms with Crippen molar-refractivity contribution in [2.75, 3.05) is 49.9 Å². The molecular weight excluding hydrogens is 560 g/mol. The van der Waals surface area contributed by atoms with Crippen LogP contribution in [0.1, 0.15) is 21.5 Å². The molecule has 222 valence electrons. The number of para-hydroxylation sites is 1. The first-order valence-corrected chi connectivity index (χ1v) is 13.3. The average Bonchev–Trinajstić information content (AvgIpc) is 2.98. The van der Waals surface area contributed by atoms with Crippen molar-refractivity contribution in [3.63, 3.8) is 0 Å². The molecule has 0 spiro atoms. The molecule has 3 aromatic carbocycles. The second-order valence-corrected chi connectivity index (χ2v) is 9.83. The van der Waals surface area contributed by atoms with Gasteiger partial charge in [0.25, 0.3) is 0 Å². The quantitative estimate of drug-likeness (QED) is 0.156. The van der Waals surface area contributed by atoms with Gasteiger partial charge in [-0.25, -0.2) is 18.7 Å². The summed E-state index contributed by atoms with van der Waals surface area (Å²) in [5, 5.41) is 9.73. The average molecular weight is 590 g/mol. The molecule has 0 radical (unpaired) electrons. The van der Waals surface area contributed by atoms with E-state index in [1.54, 1.807) is 24.4 Å². The van der Waals surface area contributed by atoms with Crippen molar-refractivity contribution in [3.8, 4) is 11.5 Å². The number of amides is 1. The molecule has 4 aromatic rings. The molecule has 1 aliphatic rings. The van der Waals surface area contributed by atoms with Gasteiger partial charge in [-0.2, -0.15) is 0 Å². The van der Waals surface area contributed by atoms with Crippen molar-refractivity contribution in [2.45, 2.75) is 6.92 Å². The number of aryl methyl sites for hydroxylation is 1. The van der Waals surface area contributed by atoms with Crippen molar-refractivity contribution in [1.82, 2.24) is 9.97 Å². The number of nitrogens with one attached hydrogen (secondary N) is 3. The van der Waals surface area contributed by atoms with E-state index < -0.39 is 28.9 Å². The van der Waals surface area contributed by atoms with Crippen LogP contribution in [0.15, 0.2) is 55.3 Å². The summed E-state index contributed by atoms with van der Waals surface area (Å²) < 4.78 is 46.1. The number of rotatable bonds is 11. The first-order chi connectivity index (χ1) is 20.7. The van der Waals surface area contributed by atoms with Crippen molar-refractivity contribution in [3.05, 3.63) is 83.6 Å². The molecule has 0 unspecified atom stereocenters. The van der Waals surface area contributed by atoms with Gasteiger partial charge in [0, 0.05) is 35.7 Å². The van der Waals surface area contributed by atoms with Gasteiger partial charge in [-0.15, -0.1) is 0 Å². The molecule has 1 saturated heterocycles. The van der Waals surface area contributed by atoms with Crippen LogP contribution in [0.2, 0.25) is 0 Å². The Hall–Kier alpha value is -5.10. The third-order valence-electron chi connectivity index (χ3n) is 7.03. The van der Waals surface area contributed by atoms with Crippen molar-refractivity contribution < 1.29 is 32.6 Å². The Morgan fingerprint density at radius 1 is 1.09 bits per heavy atom. The normalized spacial score (nSPS) is 12.8. The minimum absolute atomic E-state index is 0.0136. The molecule has 0 atom stereocenters. The fourth-order valence-corrected chi connectivity index (χ4v) is 4.63. The lowest BCUT2D eigenvalue weighted by atomic mass is 9.97. The topological polar surface area (TPSA) is 124 Å². The summed E-state index contributed by atoms with van der Waals surface area (Å²) in [4.78, 5) is 35.0. The highest BCUT2D eigenvalue weighted by Gasteiger charge is 2.29. The summed E-state index contributed by atoms with van der Waals surface area (Å²) in [5.74, 6) is -3.96. The van der Waals surface area contributed by atoms with E-state index >= 15 is 8.78 Å². The third kappa shape index (κ3) is 5.82. The molecule has 12 heteroatoms. The fraction of sp³-hybridized carbons (Fsp3) is 0.226. The Kier molecular flexibility index (Phi) is 8.48. The van der Waals surface area contributed by atoms with Crippen molar-refractivity contribution in [1.29, 1.82) is 0 Å². The molecule has 0 saturated carbocycles. The van der Waals surface area contributed by atoms with Gasteiger partial charge in [0.05, 0.1) is 50.0 Å². The summed E-state index contributed by atoms with van der Waals surface area (Å²) in [6.07, 6.45) is 2.72. The molecular formula is C31H29F2N5O5. The largest absolute Gasteiger partial charge is 0.494 e. The summed E-state index contributed by atoms with van der Waals surface area (Å²) in [6.45, 7) is 6.83. The first-order valence-electron chi connectivity index (χ1n) is 13.3. The Balaban J connectivity index is 1.63. The van der Waals surface area contributed by atoms with Crippen LogP contribution in [-0.2, 0) is 9.53 Å². The van der Waals surface area contributed by atoms with Gasteiger partial charge >= 0.3 is 0 Å². The number of fused-ring (bicyclic) bond motifs is 1. The molecule has 1 amide bonds. The number of nitrogens with zero attached hydrogens (tertiary/aromatic N) is 2. The molecule has 5 rings (SSSR count). The predicted octanol–water partition coefficient (Wildman–Crippen LogP) is 5.39. The lowest BCUT2D eigenvalue weighted by Crippen LogP contribution is -2.33. The van der Waals surface area contributed by atoms with Gasteiger partial charge in [-0.3, -0.25) is 9.59 Å². The number of halogens is 2. The molecule has 43 heavy (non-hydrogen) atoms. The van der Waals surface area contributed by atoms with Crippen LogP contribution in [0.25, 0.3) is 10.9 Å². The molecule has 1 aromatic heterocycles. The number of carbonyl (C=O) groups is 2. The zero-order valence-corrected chi connectivity index (χ0v) is 23.7. The Morgan fingerprint density at radius 2 is 1.81 bits per heavy atom. The van der Waals surface area contributed by atoms with Gasteiger partial charge in [-0.05, 0) is 30.7 Å². The maximum atomic E-state index is 15.4. The van der Waals surface area contributed by atoms with E-state index in [0.29, 0.717) is 42.0 Å². The van der Waals surface area contributed by atoms with E-state index in [4.69, 9.17) is 14.2 Å². The van der Waals surface area contributed by atoms with Crippen molar-refractivity contribution in [2.24, 2.45) is 5.92 Å². The van der Waals surface area contributed by atoms with E-state index in [0.717, 1.165) is 17.7 Å². The Bertz CT molecular complexity index is 1710. The van der Waals surface area contributed by atoms with Crippen LogP contribution in [0.5, 0.6) is 11.5 Å². The van der Waals surface area contributed by atoms with Crippen molar-refractivity contribution >= 4 is 45.6 Å². The number of benzene rings is 3. The Labute approximate surface area is 246 Å². The summed E-state index contributed by atoms with van der Waals surface area (Å²) >= 11 is 0. The second kappa shape index (κ2) is 12.4. The summed E-state index contributed by atoms with van der Waals surface area (Å²) in [6, 6.07) is 9.46. The SMILES string of the molecule is C=CC(=O)Nc1cccc(C)c1Nc1ncc2ccc(C(=O)c3c(F)c(OC)cc(OC)c3F)c(NCC3COC3)c2n1. The number of carbonyl (C=O) groups excluding carboxylic acids is 2. The minimum Gasteiger partial charge on any atom is -0.494 e. The maximum absolute atomic E-state index is 15.4. The molecule has 10 nitrogen and oxygen atoms in total. The summed E-state index contributed by atoms with van der Waals surface area (Å²) in [5.41, 5.74) is 1.61. The predicted molar refractivity (Wildman–Crippen MR) is 159 cm³/mol. The molecule has 2 heterocycles. The molecule has 0 bridgehead atoms. The van der Waals surface area contributed by atoms with Crippen LogP contribution in [0.4, 0.5) is 31.8 Å². The lowest BCUT2D eigenvalue weighted by molar-refractivity contribution is -0.111. The molecule has 1 fully saturated rings. The number of aromatic nitrogens is 2. The van der Waals surface area contributed by atoms with E-state index in [1.807, 2.05) is 13.0 Å². The van der Waals surface area contributed by atoms with Crippen LogP contribution in [0, 0.1) is 24.5 Å². The number of hydrogen-bond acceptors (Lipinski definition) is 9. The highest BCUT2D eigenvalue weighted by molar-refractivity contribution is 6.16. The molecule has 1 aliphatic heterocycles. The number of hydrogen-bond donors (Lipinski definition) is 3. The van der Waals surface area contributed by atoms with Gasteiger partial charge in [0.15, 0.2) is 23.1 Å². The van der Waals surface area contributed by atoms with E-state index in [-0.39, 0.29) is 34.6 Å². The monoisotopic (exact) mass is 589 g/mol.